The van der Waals surface area contributed by atoms with Gasteiger partial charge in [0.25, 0.3) is 0 Å². The molecule has 0 radical (unpaired) electrons. The second kappa shape index (κ2) is 5.62. The molecule has 0 saturated heterocycles. The summed E-state index contributed by atoms with van der Waals surface area (Å²) in [5, 5.41) is 1.38. The molecule has 1 aliphatic heterocycles. The summed E-state index contributed by atoms with van der Waals surface area (Å²) in [6.07, 6.45) is 5.86. The van der Waals surface area contributed by atoms with Crippen LogP contribution >= 0.6 is 0 Å². The monoisotopic (exact) mass is 331 g/mol. The lowest BCUT2D eigenvalue weighted by atomic mass is 10.00. The van der Waals surface area contributed by atoms with Crippen LogP contribution in [0.5, 0.6) is 0 Å². The highest BCUT2D eigenvalue weighted by molar-refractivity contribution is 5.93. The van der Waals surface area contributed by atoms with Gasteiger partial charge in [-0.1, -0.05) is 24.3 Å². The Morgan fingerprint density at radius 2 is 1.88 bits per heavy atom. The van der Waals surface area contributed by atoms with Crippen molar-refractivity contribution in [3.05, 3.63) is 58.9 Å². The Morgan fingerprint density at radius 1 is 1.08 bits per heavy atom. The summed E-state index contributed by atoms with van der Waals surface area (Å²) in [6.45, 7) is 7.70. The van der Waals surface area contributed by atoms with Gasteiger partial charge < -0.3 is 9.47 Å². The molecule has 1 aliphatic carbocycles. The molecule has 0 atom stereocenters. The van der Waals surface area contributed by atoms with Gasteiger partial charge in [-0.2, -0.15) is 0 Å². The van der Waals surface area contributed by atoms with Crippen LogP contribution in [-0.2, 0) is 19.5 Å². The second-order valence-corrected chi connectivity index (χ2v) is 7.74. The predicted molar refractivity (Wildman–Crippen MR) is 103 cm³/mol. The fourth-order valence-electron chi connectivity index (χ4n) is 4.27. The number of hydrogen-bond donors (Lipinski definition) is 0. The van der Waals surface area contributed by atoms with Crippen LogP contribution in [-0.4, -0.2) is 16.1 Å². The second-order valence-electron chi connectivity index (χ2n) is 7.74. The van der Waals surface area contributed by atoms with Gasteiger partial charge in [-0.3, -0.25) is 0 Å². The molecule has 0 spiro atoms. The lowest BCUT2D eigenvalue weighted by Crippen LogP contribution is -2.31. The number of pyridine rings is 1. The molecule has 3 nitrogen and oxygen atoms in total. The van der Waals surface area contributed by atoms with Crippen molar-refractivity contribution in [3.63, 3.8) is 0 Å². The normalized spacial score (nSPS) is 17.1. The molecule has 1 fully saturated rings. The fourth-order valence-corrected chi connectivity index (χ4v) is 4.27. The zero-order chi connectivity index (χ0) is 17.0. The highest BCUT2D eigenvalue weighted by Gasteiger charge is 2.27. The number of hydrogen-bond acceptors (Lipinski definition) is 2. The van der Waals surface area contributed by atoms with Crippen molar-refractivity contribution >= 4 is 16.7 Å². The smallest absolute Gasteiger partial charge is 0.153 e. The van der Waals surface area contributed by atoms with Crippen molar-refractivity contribution in [3.8, 4) is 0 Å². The third-order valence-electron chi connectivity index (χ3n) is 6.09. The molecule has 2 aromatic heterocycles. The largest absolute Gasteiger partial charge is 0.350 e. The molecule has 1 aromatic carbocycles. The minimum absolute atomic E-state index is 0.865. The van der Waals surface area contributed by atoms with E-state index in [0.29, 0.717) is 0 Å². The van der Waals surface area contributed by atoms with Crippen LogP contribution in [0, 0.1) is 19.8 Å². The molecule has 128 valence electrons. The molecule has 0 bridgehead atoms. The topological polar surface area (TPSA) is 21.1 Å². The first-order valence-corrected chi connectivity index (χ1v) is 9.48. The zero-order valence-electron chi connectivity index (χ0n) is 15.1. The van der Waals surface area contributed by atoms with E-state index in [1.807, 2.05) is 6.20 Å². The van der Waals surface area contributed by atoms with Gasteiger partial charge in [0.15, 0.2) is 5.82 Å². The van der Waals surface area contributed by atoms with E-state index in [-0.39, 0.29) is 0 Å². The third-order valence-corrected chi connectivity index (χ3v) is 6.09. The van der Waals surface area contributed by atoms with E-state index in [4.69, 9.17) is 4.98 Å². The average Bonchev–Trinajstić information content (AvgIpc) is 3.44. The minimum atomic E-state index is 0.865. The molecular weight excluding hydrogens is 306 g/mol. The minimum Gasteiger partial charge on any atom is -0.350 e. The molecule has 3 aromatic rings. The van der Waals surface area contributed by atoms with Gasteiger partial charge in [-0.25, -0.2) is 4.98 Å². The van der Waals surface area contributed by atoms with E-state index in [2.05, 4.69) is 53.6 Å². The molecule has 25 heavy (non-hydrogen) atoms. The molecule has 5 rings (SSSR count). The maximum absolute atomic E-state index is 4.85. The van der Waals surface area contributed by atoms with Gasteiger partial charge in [0.2, 0.25) is 0 Å². The van der Waals surface area contributed by atoms with E-state index in [9.17, 15) is 0 Å². The van der Waals surface area contributed by atoms with E-state index in [1.165, 1.54) is 51.9 Å². The predicted octanol–water partition coefficient (Wildman–Crippen LogP) is 4.63. The number of aryl methyl sites for hydroxylation is 1. The van der Waals surface area contributed by atoms with Crippen LogP contribution in [0.2, 0.25) is 0 Å². The van der Waals surface area contributed by atoms with Crippen LogP contribution in [0.4, 0.5) is 5.82 Å². The molecule has 3 heterocycles. The Labute approximate surface area is 149 Å². The van der Waals surface area contributed by atoms with Gasteiger partial charge in [0, 0.05) is 36.9 Å². The van der Waals surface area contributed by atoms with Gasteiger partial charge in [-0.15, -0.1) is 0 Å². The first-order valence-electron chi connectivity index (χ1n) is 9.48. The Morgan fingerprint density at radius 3 is 2.68 bits per heavy atom. The molecule has 0 amide bonds. The molecule has 0 N–H and O–H groups in total. The van der Waals surface area contributed by atoms with Crippen molar-refractivity contribution in [2.45, 2.75) is 46.2 Å². The van der Waals surface area contributed by atoms with Gasteiger partial charge in [0.1, 0.15) is 0 Å². The number of rotatable bonds is 3. The average molecular weight is 331 g/mol. The quantitative estimate of drug-likeness (QED) is 0.698. The number of nitrogens with zero attached hydrogens (tertiary/aromatic N) is 3. The van der Waals surface area contributed by atoms with Gasteiger partial charge >= 0.3 is 0 Å². The summed E-state index contributed by atoms with van der Waals surface area (Å²) >= 11 is 0. The van der Waals surface area contributed by atoms with E-state index < -0.39 is 0 Å². The van der Waals surface area contributed by atoms with E-state index in [1.54, 1.807) is 0 Å². The van der Waals surface area contributed by atoms with Crippen molar-refractivity contribution in [2.75, 3.05) is 11.4 Å². The third kappa shape index (κ3) is 2.45. The highest BCUT2D eigenvalue weighted by atomic mass is 15.2. The van der Waals surface area contributed by atoms with Crippen molar-refractivity contribution < 1.29 is 0 Å². The summed E-state index contributed by atoms with van der Waals surface area (Å²) in [5.41, 5.74) is 7.11. The summed E-state index contributed by atoms with van der Waals surface area (Å²) in [7, 11) is 0. The van der Waals surface area contributed by atoms with Crippen molar-refractivity contribution in [1.29, 1.82) is 0 Å². The molecule has 0 unspecified atom stereocenters. The van der Waals surface area contributed by atoms with Crippen LogP contribution < -0.4 is 4.90 Å². The van der Waals surface area contributed by atoms with Crippen molar-refractivity contribution in [1.82, 2.24) is 9.55 Å². The summed E-state index contributed by atoms with van der Waals surface area (Å²) < 4.78 is 2.55. The number of fused-ring (bicyclic) bond motifs is 2. The Bertz CT molecular complexity index is 949. The zero-order valence-corrected chi connectivity index (χ0v) is 15.1. The standard InChI is InChI=1S/C22H25N3/c1-15-16(2)25(13-17-7-8-17)21-20(15)9-11-23-22(21)24-12-10-18-5-3-4-6-19(18)14-24/h3-6,9,11,17H,7-8,10,12-14H2,1-2H3. The highest BCUT2D eigenvalue weighted by Crippen LogP contribution is 2.37. The Balaban J connectivity index is 1.63. The number of anilines is 1. The van der Waals surface area contributed by atoms with Crippen LogP contribution in [0.15, 0.2) is 36.5 Å². The summed E-state index contributed by atoms with van der Waals surface area (Å²) in [5.74, 6) is 2.03. The number of aromatic nitrogens is 2. The lowest BCUT2D eigenvalue weighted by Gasteiger charge is -2.30. The number of benzene rings is 1. The van der Waals surface area contributed by atoms with Crippen LogP contribution in [0.25, 0.3) is 10.9 Å². The molecule has 1 saturated carbocycles. The van der Waals surface area contributed by atoms with E-state index >= 15 is 0 Å². The Kier molecular flexibility index (Phi) is 3.37. The first-order chi connectivity index (χ1) is 12.2. The Hall–Kier alpha value is -2.29. The first kappa shape index (κ1) is 15.0. The molecular formula is C22H25N3. The van der Waals surface area contributed by atoms with Crippen molar-refractivity contribution in [2.24, 2.45) is 5.92 Å². The van der Waals surface area contributed by atoms with Gasteiger partial charge in [-0.05, 0) is 61.8 Å². The maximum Gasteiger partial charge on any atom is 0.153 e. The maximum atomic E-state index is 4.85. The summed E-state index contributed by atoms with van der Waals surface area (Å²) in [6, 6.07) is 11.0. The van der Waals surface area contributed by atoms with Gasteiger partial charge in [0.05, 0.1) is 5.52 Å². The fraction of sp³-hybridized carbons (Fsp3) is 0.409. The SMILES string of the molecule is Cc1c(C)n(CC2CC2)c2c(N3CCc4ccccc4C3)nccc12. The van der Waals surface area contributed by atoms with Crippen LogP contribution in [0.1, 0.15) is 35.2 Å². The van der Waals surface area contributed by atoms with E-state index in [0.717, 1.165) is 32.0 Å². The molecule has 3 heteroatoms. The summed E-state index contributed by atoms with van der Waals surface area (Å²) in [4.78, 5) is 7.33. The van der Waals surface area contributed by atoms with Crippen LogP contribution in [0.3, 0.4) is 0 Å². The molecule has 2 aliphatic rings. The lowest BCUT2D eigenvalue weighted by molar-refractivity contribution is 0.628.